The van der Waals surface area contributed by atoms with Gasteiger partial charge >= 0.3 is 0 Å². The Labute approximate surface area is 164 Å². The minimum atomic E-state index is -3.23. The van der Waals surface area contributed by atoms with Crippen LogP contribution < -0.4 is 4.31 Å². The number of nitrogens with zero attached hydrogens (tertiary/aromatic N) is 2. The Morgan fingerprint density at radius 2 is 1.86 bits per heavy atom. The van der Waals surface area contributed by atoms with Crippen molar-refractivity contribution in [2.75, 3.05) is 23.7 Å². The fourth-order valence-electron chi connectivity index (χ4n) is 3.48. The van der Waals surface area contributed by atoms with E-state index in [1.807, 2.05) is 37.3 Å². The second-order valence-electron chi connectivity index (χ2n) is 7.07. The van der Waals surface area contributed by atoms with E-state index in [2.05, 4.69) is 0 Å². The number of rotatable bonds is 4. The van der Waals surface area contributed by atoms with Crippen molar-refractivity contribution in [3.8, 4) is 0 Å². The second-order valence-corrected chi connectivity index (χ2v) is 9.08. The maximum absolute atomic E-state index is 12.9. The molecule has 0 saturated carbocycles. The lowest BCUT2D eigenvalue weighted by molar-refractivity contribution is 0.0727. The molecule has 1 fully saturated rings. The second kappa shape index (κ2) is 6.98. The number of hydrogen-bond acceptors (Lipinski definition) is 4. The maximum atomic E-state index is 12.9. The number of carbonyl (C=O) groups excluding carboxylic acids is 1. The topological polar surface area (TPSA) is 70.8 Å². The van der Waals surface area contributed by atoms with Crippen LogP contribution in [0.25, 0.3) is 11.0 Å². The van der Waals surface area contributed by atoms with Crippen molar-refractivity contribution >= 4 is 32.6 Å². The summed E-state index contributed by atoms with van der Waals surface area (Å²) in [6, 6.07) is 16.2. The van der Waals surface area contributed by atoms with E-state index in [9.17, 15) is 13.2 Å². The first kappa shape index (κ1) is 18.6. The molecule has 0 aliphatic carbocycles. The Hall–Kier alpha value is -2.80. The summed E-state index contributed by atoms with van der Waals surface area (Å²) in [6.07, 6.45) is 0.626. The largest absolute Gasteiger partial charge is 0.459 e. The zero-order valence-corrected chi connectivity index (χ0v) is 16.6. The van der Waals surface area contributed by atoms with Gasteiger partial charge in [0.2, 0.25) is 10.0 Å². The van der Waals surface area contributed by atoms with E-state index in [4.69, 9.17) is 4.42 Å². The Morgan fingerprint density at radius 1 is 1.14 bits per heavy atom. The number of anilines is 1. The molecular weight excluding hydrogens is 376 g/mol. The van der Waals surface area contributed by atoms with Gasteiger partial charge in [-0.2, -0.15) is 0 Å². The lowest BCUT2D eigenvalue weighted by atomic mass is 10.1. The summed E-state index contributed by atoms with van der Waals surface area (Å²) in [5.74, 6) is 0.742. The van der Waals surface area contributed by atoms with Crippen LogP contribution in [0.5, 0.6) is 0 Å². The zero-order valence-electron chi connectivity index (χ0n) is 15.8. The molecule has 2 aromatic carbocycles. The summed E-state index contributed by atoms with van der Waals surface area (Å²) in [5, 5.41) is 1.00. The van der Waals surface area contributed by atoms with Crippen LogP contribution in [0.15, 0.2) is 59.0 Å². The van der Waals surface area contributed by atoms with Crippen LogP contribution in [0.4, 0.5) is 5.69 Å². The first-order chi connectivity index (χ1) is 13.4. The molecule has 1 unspecified atom stereocenters. The van der Waals surface area contributed by atoms with Crippen LogP contribution in [-0.4, -0.2) is 38.6 Å². The summed E-state index contributed by atoms with van der Waals surface area (Å²) in [7, 11) is -1.49. The number of para-hydroxylation sites is 1. The highest BCUT2D eigenvalue weighted by Crippen LogP contribution is 2.28. The van der Waals surface area contributed by atoms with Crippen molar-refractivity contribution in [2.24, 2.45) is 0 Å². The molecule has 1 aliphatic heterocycles. The monoisotopic (exact) mass is 398 g/mol. The molecule has 146 valence electrons. The van der Waals surface area contributed by atoms with Gasteiger partial charge in [0.05, 0.1) is 17.5 Å². The molecular formula is C21H22N2O4S. The number of amides is 1. The van der Waals surface area contributed by atoms with E-state index < -0.39 is 10.0 Å². The smallest absolute Gasteiger partial charge is 0.254 e. The third-order valence-electron chi connectivity index (χ3n) is 5.26. The SMILES string of the molecule is CC(c1cc2ccccc2o1)N(C)C(=O)c1ccc(N2CCCS2(=O)=O)cc1. The summed E-state index contributed by atoms with van der Waals surface area (Å²) >= 11 is 0. The van der Waals surface area contributed by atoms with Crippen molar-refractivity contribution in [3.63, 3.8) is 0 Å². The van der Waals surface area contributed by atoms with Gasteiger partial charge < -0.3 is 9.32 Å². The van der Waals surface area contributed by atoms with Crippen molar-refractivity contribution in [3.05, 3.63) is 65.9 Å². The Balaban J connectivity index is 1.53. The van der Waals surface area contributed by atoms with Crippen molar-refractivity contribution in [1.82, 2.24) is 4.90 Å². The molecule has 0 spiro atoms. The van der Waals surface area contributed by atoms with Crippen LogP contribution in [0.1, 0.15) is 35.5 Å². The Kier molecular flexibility index (Phi) is 4.63. The number of fused-ring (bicyclic) bond motifs is 1. The van der Waals surface area contributed by atoms with Gasteiger partial charge in [0.25, 0.3) is 5.91 Å². The third-order valence-corrected chi connectivity index (χ3v) is 7.13. The number of hydrogen-bond donors (Lipinski definition) is 0. The van der Waals surface area contributed by atoms with Crippen molar-refractivity contribution < 1.29 is 17.6 Å². The number of carbonyl (C=O) groups is 1. The molecule has 1 aliphatic rings. The molecule has 0 bridgehead atoms. The number of benzene rings is 2. The third kappa shape index (κ3) is 3.26. The maximum Gasteiger partial charge on any atom is 0.254 e. The molecule has 7 heteroatoms. The Morgan fingerprint density at radius 3 is 2.50 bits per heavy atom. The molecule has 1 aromatic heterocycles. The van der Waals surface area contributed by atoms with E-state index in [1.54, 1.807) is 36.2 Å². The lowest BCUT2D eigenvalue weighted by Crippen LogP contribution is -2.29. The number of sulfonamides is 1. The standard InChI is InChI=1S/C21H22N2O4S/c1-15(20-14-17-6-3-4-7-19(17)27-20)22(2)21(24)16-8-10-18(11-9-16)23-12-5-13-28(23,25)26/h3-4,6-11,14-15H,5,12-13H2,1-2H3. The molecule has 0 N–H and O–H groups in total. The van der Waals surface area contributed by atoms with Gasteiger partial charge in [0.15, 0.2) is 0 Å². The highest BCUT2D eigenvalue weighted by molar-refractivity contribution is 7.93. The predicted octanol–water partition coefficient (Wildman–Crippen LogP) is 3.81. The average molecular weight is 398 g/mol. The van der Waals surface area contributed by atoms with Gasteiger partial charge in [-0.25, -0.2) is 8.42 Å². The molecule has 1 atom stereocenters. The van der Waals surface area contributed by atoms with Gasteiger partial charge in [-0.15, -0.1) is 0 Å². The van der Waals surface area contributed by atoms with Gasteiger partial charge in [0, 0.05) is 24.5 Å². The van der Waals surface area contributed by atoms with Crippen LogP contribution >= 0.6 is 0 Å². The van der Waals surface area contributed by atoms with E-state index in [-0.39, 0.29) is 17.7 Å². The fourth-order valence-corrected chi connectivity index (χ4v) is 5.04. The van der Waals surface area contributed by atoms with Crippen LogP contribution in [0, 0.1) is 0 Å². The van der Waals surface area contributed by atoms with Gasteiger partial charge in [-0.1, -0.05) is 18.2 Å². The highest BCUT2D eigenvalue weighted by atomic mass is 32.2. The lowest BCUT2D eigenvalue weighted by Gasteiger charge is -2.24. The summed E-state index contributed by atoms with van der Waals surface area (Å²) in [6.45, 7) is 2.40. The van der Waals surface area contributed by atoms with Crippen molar-refractivity contribution in [1.29, 1.82) is 0 Å². The predicted molar refractivity (Wildman–Crippen MR) is 109 cm³/mol. The first-order valence-corrected chi connectivity index (χ1v) is 10.8. The minimum absolute atomic E-state index is 0.149. The normalized spacial score (nSPS) is 17.0. The summed E-state index contributed by atoms with van der Waals surface area (Å²) < 4.78 is 31.4. The van der Waals surface area contributed by atoms with E-state index >= 15 is 0 Å². The molecule has 0 radical (unpaired) electrons. The summed E-state index contributed by atoms with van der Waals surface area (Å²) in [5.41, 5.74) is 1.90. The zero-order chi connectivity index (χ0) is 19.9. The molecule has 28 heavy (non-hydrogen) atoms. The van der Waals surface area contributed by atoms with Crippen LogP contribution in [0.2, 0.25) is 0 Å². The van der Waals surface area contributed by atoms with Crippen LogP contribution in [0.3, 0.4) is 0 Å². The Bertz CT molecular complexity index is 1090. The molecule has 3 aromatic rings. The van der Waals surface area contributed by atoms with E-state index in [1.165, 1.54) is 4.31 Å². The first-order valence-electron chi connectivity index (χ1n) is 9.23. The minimum Gasteiger partial charge on any atom is -0.459 e. The number of furan rings is 1. The average Bonchev–Trinajstić information content (AvgIpc) is 3.29. The molecule has 6 nitrogen and oxygen atoms in total. The molecule has 4 rings (SSSR count). The molecule has 1 saturated heterocycles. The molecule has 2 heterocycles. The summed E-state index contributed by atoms with van der Waals surface area (Å²) in [4.78, 5) is 14.5. The van der Waals surface area contributed by atoms with Gasteiger partial charge in [-0.3, -0.25) is 9.10 Å². The van der Waals surface area contributed by atoms with Gasteiger partial charge in [0.1, 0.15) is 11.3 Å². The van der Waals surface area contributed by atoms with Gasteiger partial charge in [-0.05, 0) is 49.7 Å². The van der Waals surface area contributed by atoms with E-state index in [0.29, 0.717) is 24.2 Å². The van der Waals surface area contributed by atoms with E-state index in [0.717, 1.165) is 16.7 Å². The highest BCUT2D eigenvalue weighted by Gasteiger charge is 2.28. The van der Waals surface area contributed by atoms with Crippen LogP contribution in [-0.2, 0) is 10.0 Å². The quantitative estimate of drug-likeness (QED) is 0.670. The fraction of sp³-hybridized carbons (Fsp3) is 0.286. The van der Waals surface area contributed by atoms with Crippen molar-refractivity contribution in [2.45, 2.75) is 19.4 Å². The molecule has 1 amide bonds.